The molecule has 130 valence electrons. The normalized spacial score (nSPS) is 16.7. The van der Waals surface area contributed by atoms with Crippen molar-refractivity contribution in [1.29, 1.82) is 0 Å². The standard InChI is InChI=1S/C16H19FN2O4S/c1-3-24(21,22)19-8-6-18(7-9-19)16(20)15-11(2)13-10-12(17)4-5-14(13)23-15/h4-5,10H,3,6-9H2,1-2H3. The summed E-state index contributed by atoms with van der Waals surface area (Å²) in [4.78, 5) is 14.2. The molecule has 1 aliphatic rings. The molecular weight excluding hydrogens is 335 g/mol. The number of piperazine rings is 1. The Labute approximate surface area is 139 Å². The highest BCUT2D eigenvalue weighted by atomic mass is 32.2. The Morgan fingerprint density at radius 3 is 2.54 bits per heavy atom. The molecule has 3 rings (SSSR count). The van der Waals surface area contributed by atoms with Crippen molar-refractivity contribution < 1.29 is 22.0 Å². The van der Waals surface area contributed by atoms with Gasteiger partial charge in [-0.2, -0.15) is 4.31 Å². The average Bonchev–Trinajstić information content (AvgIpc) is 2.91. The van der Waals surface area contributed by atoms with Crippen LogP contribution in [0.3, 0.4) is 0 Å². The smallest absolute Gasteiger partial charge is 0.289 e. The Hall–Kier alpha value is -1.93. The monoisotopic (exact) mass is 354 g/mol. The van der Waals surface area contributed by atoms with Gasteiger partial charge in [0, 0.05) is 37.1 Å². The number of amides is 1. The van der Waals surface area contributed by atoms with Gasteiger partial charge in [-0.05, 0) is 32.0 Å². The zero-order chi connectivity index (χ0) is 17.5. The van der Waals surface area contributed by atoms with E-state index in [1.165, 1.54) is 22.5 Å². The molecule has 0 N–H and O–H groups in total. The fourth-order valence-corrected chi connectivity index (χ4v) is 3.98. The first-order valence-electron chi connectivity index (χ1n) is 7.79. The molecular formula is C16H19FN2O4S. The van der Waals surface area contributed by atoms with Crippen molar-refractivity contribution >= 4 is 26.9 Å². The summed E-state index contributed by atoms with van der Waals surface area (Å²) in [5.74, 6) is -0.446. The first-order valence-corrected chi connectivity index (χ1v) is 9.40. The van der Waals surface area contributed by atoms with Gasteiger partial charge in [-0.3, -0.25) is 4.79 Å². The lowest BCUT2D eigenvalue weighted by atomic mass is 10.1. The molecule has 0 atom stereocenters. The summed E-state index contributed by atoms with van der Waals surface area (Å²) in [6.07, 6.45) is 0. The maximum atomic E-state index is 13.4. The van der Waals surface area contributed by atoms with Gasteiger partial charge in [0.2, 0.25) is 10.0 Å². The molecule has 1 aromatic carbocycles. The molecule has 0 spiro atoms. The largest absolute Gasteiger partial charge is 0.451 e. The minimum Gasteiger partial charge on any atom is -0.451 e. The Bertz CT molecular complexity index is 883. The zero-order valence-electron chi connectivity index (χ0n) is 13.6. The van der Waals surface area contributed by atoms with E-state index in [2.05, 4.69) is 0 Å². The Kier molecular flexibility index (Phi) is 4.35. The highest BCUT2D eigenvalue weighted by Crippen LogP contribution is 2.27. The molecule has 0 radical (unpaired) electrons. The Balaban J connectivity index is 1.80. The number of furan rings is 1. The van der Waals surface area contributed by atoms with E-state index in [1.807, 2.05) is 0 Å². The lowest BCUT2D eigenvalue weighted by Gasteiger charge is -2.33. The summed E-state index contributed by atoms with van der Waals surface area (Å²) < 4.78 is 44.1. The van der Waals surface area contributed by atoms with Crippen molar-refractivity contribution in [2.45, 2.75) is 13.8 Å². The lowest BCUT2D eigenvalue weighted by Crippen LogP contribution is -2.50. The number of benzene rings is 1. The third-order valence-electron chi connectivity index (χ3n) is 4.38. The topological polar surface area (TPSA) is 70.8 Å². The number of halogens is 1. The van der Waals surface area contributed by atoms with Crippen molar-refractivity contribution in [1.82, 2.24) is 9.21 Å². The van der Waals surface area contributed by atoms with Crippen molar-refractivity contribution in [3.63, 3.8) is 0 Å². The number of sulfonamides is 1. The molecule has 8 heteroatoms. The van der Waals surface area contributed by atoms with Crippen LogP contribution < -0.4 is 0 Å². The summed E-state index contributed by atoms with van der Waals surface area (Å²) in [7, 11) is -3.24. The molecule has 1 saturated heterocycles. The highest BCUT2D eigenvalue weighted by Gasteiger charge is 2.30. The molecule has 1 aliphatic heterocycles. The second-order valence-electron chi connectivity index (χ2n) is 5.79. The number of carbonyl (C=O) groups excluding carboxylic acids is 1. The van der Waals surface area contributed by atoms with Crippen LogP contribution in [-0.4, -0.2) is 55.5 Å². The molecule has 24 heavy (non-hydrogen) atoms. The molecule has 1 amide bonds. The first kappa shape index (κ1) is 16.9. The minimum absolute atomic E-state index is 0.0508. The van der Waals surface area contributed by atoms with Crippen LogP contribution in [0.4, 0.5) is 4.39 Å². The van der Waals surface area contributed by atoms with E-state index in [-0.39, 0.29) is 36.3 Å². The SMILES string of the molecule is CCS(=O)(=O)N1CCN(C(=O)c2oc3ccc(F)cc3c2C)CC1. The summed E-state index contributed by atoms with van der Waals surface area (Å²) in [6.45, 7) is 4.48. The molecule has 2 heterocycles. The second-order valence-corrected chi connectivity index (χ2v) is 8.05. The summed E-state index contributed by atoms with van der Waals surface area (Å²) in [5, 5.41) is 0.575. The number of fused-ring (bicyclic) bond motifs is 1. The molecule has 1 fully saturated rings. The van der Waals surface area contributed by atoms with Crippen LogP contribution in [0, 0.1) is 12.7 Å². The van der Waals surface area contributed by atoms with E-state index in [4.69, 9.17) is 4.42 Å². The van der Waals surface area contributed by atoms with Gasteiger partial charge >= 0.3 is 0 Å². The zero-order valence-corrected chi connectivity index (χ0v) is 14.4. The molecule has 1 aromatic heterocycles. The van der Waals surface area contributed by atoms with Gasteiger partial charge in [0.05, 0.1) is 5.75 Å². The quantitative estimate of drug-likeness (QED) is 0.845. The number of carbonyl (C=O) groups is 1. The fourth-order valence-electron chi connectivity index (χ4n) is 2.89. The first-order chi connectivity index (χ1) is 11.3. The van der Waals surface area contributed by atoms with Gasteiger partial charge in [-0.15, -0.1) is 0 Å². The fraction of sp³-hybridized carbons (Fsp3) is 0.438. The van der Waals surface area contributed by atoms with E-state index in [0.29, 0.717) is 29.6 Å². The molecule has 6 nitrogen and oxygen atoms in total. The molecule has 2 aromatic rings. The summed E-state index contributed by atoms with van der Waals surface area (Å²) >= 11 is 0. The van der Waals surface area contributed by atoms with Gasteiger partial charge < -0.3 is 9.32 Å². The van der Waals surface area contributed by atoms with Crippen molar-refractivity contribution in [3.05, 3.63) is 35.3 Å². The molecule has 0 unspecified atom stereocenters. The van der Waals surface area contributed by atoms with Crippen LogP contribution in [0.5, 0.6) is 0 Å². The third-order valence-corrected chi connectivity index (χ3v) is 6.26. The average molecular weight is 354 g/mol. The van der Waals surface area contributed by atoms with Crippen LogP contribution in [0.15, 0.2) is 22.6 Å². The van der Waals surface area contributed by atoms with Gasteiger partial charge in [0.15, 0.2) is 5.76 Å². The van der Waals surface area contributed by atoms with Crippen LogP contribution in [-0.2, 0) is 10.0 Å². The minimum atomic E-state index is -3.24. The second kappa shape index (κ2) is 6.18. The Morgan fingerprint density at radius 1 is 1.25 bits per heavy atom. The number of hydrogen-bond acceptors (Lipinski definition) is 4. The van der Waals surface area contributed by atoms with Gasteiger partial charge in [-0.25, -0.2) is 12.8 Å². The van der Waals surface area contributed by atoms with Gasteiger partial charge in [-0.1, -0.05) is 0 Å². The van der Waals surface area contributed by atoms with E-state index >= 15 is 0 Å². The van der Waals surface area contributed by atoms with Crippen LogP contribution in [0.2, 0.25) is 0 Å². The van der Waals surface area contributed by atoms with Crippen LogP contribution >= 0.6 is 0 Å². The van der Waals surface area contributed by atoms with Crippen LogP contribution in [0.1, 0.15) is 23.0 Å². The number of nitrogens with zero attached hydrogens (tertiary/aromatic N) is 2. The van der Waals surface area contributed by atoms with Crippen molar-refractivity contribution in [2.75, 3.05) is 31.9 Å². The van der Waals surface area contributed by atoms with Gasteiger partial charge in [0.25, 0.3) is 5.91 Å². The third kappa shape index (κ3) is 2.91. The van der Waals surface area contributed by atoms with Crippen molar-refractivity contribution in [3.8, 4) is 0 Å². The summed E-state index contributed by atoms with van der Waals surface area (Å²) in [6, 6.07) is 4.13. The maximum Gasteiger partial charge on any atom is 0.289 e. The van der Waals surface area contributed by atoms with Crippen molar-refractivity contribution in [2.24, 2.45) is 0 Å². The number of aryl methyl sites for hydroxylation is 1. The van der Waals surface area contributed by atoms with Crippen LogP contribution in [0.25, 0.3) is 11.0 Å². The predicted octanol–water partition coefficient (Wildman–Crippen LogP) is 1.99. The molecule has 0 bridgehead atoms. The Morgan fingerprint density at radius 2 is 1.92 bits per heavy atom. The van der Waals surface area contributed by atoms with Gasteiger partial charge in [0.1, 0.15) is 11.4 Å². The molecule has 0 aliphatic carbocycles. The predicted molar refractivity (Wildman–Crippen MR) is 87.8 cm³/mol. The van der Waals surface area contributed by atoms with E-state index in [1.54, 1.807) is 18.7 Å². The van der Waals surface area contributed by atoms with E-state index < -0.39 is 10.0 Å². The number of rotatable bonds is 3. The number of hydrogen-bond donors (Lipinski definition) is 0. The molecule has 0 saturated carbocycles. The lowest BCUT2D eigenvalue weighted by molar-refractivity contribution is 0.0667. The maximum absolute atomic E-state index is 13.4. The summed E-state index contributed by atoms with van der Waals surface area (Å²) in [5.41, 5.74) is 1.06. The highest BCUT2D eigenvalue weighted by molar-refractivity contribution is 7.89. The van der Waals surface area contributed by atoms with E-state index in [0.717, 1.165) is 0 Å². The van der Waals surface area contributed by atoms with E-state index in [9.17, 15) is 17.6 Å².